The number of amides is 2. The van der Waals surface area contributed by atoms with Crippen molar-refractivity contribution in [1.29, 1.82) is 0 Å². The third-order valence-electron chi connectivity index (χ3n) is 3.94. The number of carbonyl (C=O) groups excluding carboxylic acids is 2. The second-order valence-electron chi connectivity index (χ2n) is 5.58. The highest BCUT2D eigenvalue weighted by molar-refractivity contribution is 9.10. The number of anilines is 1. The SMILES string of the molecule is NC(=O)c1ccccc1NC(=O)C1CC(c2ccc(Br)cc2)NN1. The summed E-state index contributed by atoms with van der Waals surface area (Å²) in [5.74, 6) is -0.785. The molecule has 5 N–H and O–H groups in total. The molecule has 0 aromatic heterocycles. The van der Waals surface area contributed by atoms with Gasteiger partial charge in [-0.05, 0) is 36.2 Å². The van der Waals surface area contributed by atoms with Crippen molar-refractivity contribution in [3.63, 3.8) is 0 Å². The van der Waals surface area contributed by atoms with Gasteiger partial charge >= 0.3 is 0 Å². The zero-order valence-electron chi connectivity index (χ0n) is 12.8. The highest BCUT2D eigenvalue weighted by Crippen LogP contribution is 2.24. The molecule has 2 amide bonds. The van der Waals surface area contributed by atoms with Crippen molar-refractivity contribution in [2.75, 3.05) is 5.32 Å². The van der Waals surface area contributed by atoms with Crippen LogP contribution in [-0.2, 0) is 4.79 Å². The van der Waals surface area contributed by atoms with E-state index in [-0.39, 0.29) is 11.9 Å². The Kier molecular flexibility index (Phi) is 4.94. The van der Waals surface area contributed by atoms with Crippen LogP contribution in [0.25, 0.3) is 0 Å². The van der Waals surface area contributed by atoms with E-state index in [4.69, 9.17) is 5.73 Å². The number of nitrogens with one attached hydrogen (secondary N) is 3. The van der Waals surface area contributed by atoms with Crippen molar-refractivity contribution in [2.45, 2.75) is 18.5 Å². The first-order valence-corrected chi connectivity index (χ1v) is 8.30. The summed E-state index contributed by atoms with van der Waals surface area (Å²) in [4.78, 5) is 23.9. The molecule has 0 radical (unpaired) electrons. The number of carbonyl (C=O) groups is 2. The second-order valence-corrected chi connectivity index (χ2v) is 6.50. The maximum Gasteiger partial charge on any atom is 0.250 e. The van der Waals surface area contributed by atoms with Gasteiger partial charge in [-0.25, -0.2) is 10.9 Å². The zero-order valence-corrected chi connectivity index (χ0v) is 14.3. The van der Waals surface area contributed by atoms with Crippen LogP contribution in [-0.4, -0.2) is 17.9 Å². The van der Waals surface area contributed by atoms with E-state index in [2.05, 4.69) is 32.1 Å². The van der Waals surface area contributed by atoms with Gasteiger partial charge in [-0.15, -0.1) is 0 Å². The number of halogens is 1. The van der Waals surface area contributed by atoms with Gasteiger partial charge in [-0.3, -0.25) is 9.59 Å². The minimum atomic E-state index is -0.573. The summed E-state index contributed by atoms with van der Waals surface area (Å²) in [6, 6.07) is 14.3. The van der Waals surface area contributed by atoms with E-state index in [0.717, 1.165) is 10.0 Å². The fraction of sp³-hybridized carbons (Fsp3) is 0.176. The fourth-order valence-electron chi connectivity index (χ4n) is 2.67. The Balaban J connectivity index is 1.67. The lowest BCUT2D eigenvalue weighted by Gasteiger charge is -2.12. The maximum absolute atomic E-state index is 12.4. The largest absolute Gasteiger partial charge is 0.366 e. The number of para-hydroxylation sites is 1. The highest BCUT2D eigenvalue weighted by Gasteiger charge is 2.30. The quantitative estimate of drug-likeness (QED) is 0.644. The van der Waals surface area contributed by atoms with Crippen LogP contribution < -0.4 is 21.9 Å². The van der Waals surface area contributed by atoms with Gasteiger partial charge in [0.25, 0.3) is 5.91 Å². The molecule has 7 heteroatoms. The predicted molar refractivity (Wildman–Crippen MR) is 95.1 cm³/mol. The van der Waals surface area contributed by atoms with Gasteiger partial charge in [0.2, 0.25) is 5.91 Å². The predicted octanol–water partition coefficient (Wildman–Crippen LogP) is 2.09. The molecule has 2 aromatic carbocycles. The minimum absolute atomic E-state index is 0.0419. The number of rotatable bonds is 4. The van der Waals surface area contributed by atoms with Crippen LogP contribution >= 0.6 is 15.9 Å². The molecule has 6 nitrogen and oxygen atoms in total. The Hall–Kier alpha value is -2.22. The number of hydrogen-bond acceptors (Lipinski definition) is 4. The summed E-state index contributed by atoms with van der Waals surface area (Å²) in [5.41, 5.74) is 13.3. The maximum atomic E-state index is 12.4. The first kappa shape index (κ1) is 16.6. The van der Waals surface area contributed by atoms with Gasteiger partial charge in [-0.1, -0.05) is 40.2 Å². The van der Waals surface area contributed by atoms with Gasteiger partial charge in [0.05, 0.1) is 11.3 Å². The van der Waals surface area contributed by atoms with E-state index < -0.39 is 11.9 Å². The molecule has 1 aliphatic heterocycles. The summed E-state index contributed by atoms with van der Waals surface area (Å²) in [7, 11) is 0. The highest BCUT2D eigenvalue weighted by atomic mass is 79.9. The molecule has 0 saturated carbocycles. The molecule has 3 rings (SSSR count). The fourth-order valence-corrected chi connectivity index (χ4v) is 2.93. The lowest BCUT2D eigenvalue weighted by Crippen LogP contribution is -2.39. The third kappa shape index (κ3) is 3.64. The molecule has 1 aliphatic rings. The van der Waals surface area contributed by atoms with Gasteiger partial charge < -0.3 is 11.1 Å². The molecule has 2 atom stereocenters. The Bertz CT molecular complexity index is 763. The first-order valence-electron chi connectivity index (χ1n) is 7.51. The minimum Gasteiger partial charge on any atom is -0.366 e. The zero-order chi connectivity index (χ0) is 17.1. The average Bonchev–Trinajstić information content (AvgIpc) is 3.06. The van der Waals surface area contributed by atoms with Crippen molar-refractivity contribution in [3.8, 4) is 0 Å². The van der Waals surface area contributed by atoms with E-state index in [1.165, 1.54) is 0 Å². The van der Waals surface area contributed by atoms with Gasteiger partial charge in [-0.2, -0.15) is 0 Å². The summed E-state index contributed by atoms with van der Waals surface area (Å²) in [5, 5.41) is 2.77. The Morgan fingerprint density at radius 2 is 1.79 bits per heavy atom. The summed E-state index contributed by atoms with van der Waals surface area (Å²) >= 11 is 3.41. The summed E-state index contributed by atoms with van der Waals surface area (Å²) < 4.78 is 1.01. The van der Waals surface area contributed by atoms with Crippen molar-refractivity contribution >= 4 is 33.4 Å². The van der Waals surface area contributed by atoms with E-state index >= 15 is 0 Å². The molecule has 124 valence electrons. The molecule has 2 aromatic rings. The Morgan fingerprint density at radius 3 is 2.50 bits per heavy atom. The first-order chi connectivity index (χ1) is 11.5. The molecule has 1 heterocycles. The number of benzene rings is 2. The molecular formula is C17H17BrN4O2. The molecule has 2 unspecified atom stereocenters. The van der Waals surface area contributed by atoms with Crippen LogP contribution in [0.2, 0.25) is 0 Å². The van der Waals surface area contributed by atoms with Crippen molar-refractivity contribution in [1.82, 2.24) is 10.9 Å². The lowest BCUT2D eigenvalue weighted by molar-refractivity contribution is -0.117. The van der Waals surface area contributed by atoms with E-state index in [9.17, 15) is 9.59 Å². The van der Waals surface area contributed by atoms with Crippen LogP contribution in [0.15, 0.2) is 53.0 Å². The van der Waals surface area contributed by atoms with Gasteiger partial charge in [0.1, 0.15) is 6.04 Å². The molecule has 0 spiro atoms. The monoisotopic (exact) mass is 388 g/mol. The Morgan fingerprint density at radius 1 is 1.08 bits per heavy atom. The van der Waals surface area contributed by atoms with Crippen molar-refractivity contribution in [3.05, 3.63) is 64.1 Å². The van der Waals surface area contributed by atoms with E-state index in [0.29, 0.717) is 17.7 Å². The number of hydrazine groups is 1. The number of hydrogen-bond donors (Lipinski definition) is 4. The van der Waals surface area contributed by atoms with Crippen LogP contribution in [0.1, 0.15) is 28.4 Å². The third-order valence-corrected chi connectivity index (χ3v) is 4.47. The summed E-state index contributed by atoms with van der Waals surface area (Å²) in [6.45, 7) is 0. The lowest BCUT2D eigenvalue weighted by atomic mass is 10.0. The molecule has 0 aliphatic carbocycles. The number of primary amides is 1. The summed E-state index contributed by atoms with van der Waals surface area (Å²) in [6.07, 6.45) is 0.603. The van der Waals surface area contributed by atoms with Crippen LogP contribution in [0, 0.1) is 0 Å². The van der Waals surface area contributed by atoms with Gasteiger partial charge in [0.15, 0.2) is 0 Å². The van der Waals surface area contributed by atoms with E-state index in [1.54, 1.807) is 24.3 Å². The average molecular weight is 389 g/mol. The van der Waals surface area contributed by atoms with E-state index in [1.807, 2.05) is 24.3 Å². The smallest absolute Gasteiger partial charge is 0.250 e. The number of nitrogens with two attached hydrogens (primary N) is 1. The molecular weight excluding hydrogens is 372 g/mol. The normalized spacial score (nSPS) is 19.9. The van der Waals surface area contributed by atoms with Crippen molar-refractivity contribution in [2.24, 2.45) is 5.73 Å². The molecule has 1 fully saturated rings. The standard InChI is InChI=1S/C17H17BrN4O2/c18-11-7-5-10(6-8-11)14-9-15(22-21-14)17(24)20-13-4-2-1-3-12(13)16(19)23/h1-8,14-15,21-22H,9H2,(H2,19,23)(H,20,24). The topological polar surface area (TPSA) is 96.2 Å². The van der Waals surface area contributed by atoms with Crippen LogP contribution in [0.5, 0.6) is 0 Å². The second kappa shape index (κ2) is 7.12. The molecule has 0 bridgehead atoms. The van der Waals surface area contributed by atoms with Crippen LogP contribution in [0.4, 0.5) is 5.69 Å². The van der Waals surface area contributed by atoms with Gasteiger partial charge in [0, 0.05) is 10.5 Å². The Labute approximate surface area is 147 Å². The molecule has 1 saturated heterocycles. The van der Waals surface area contributed by atoms with Crippen LogP contribution in [0.3, 0.4) is 0 Å². The molecule has 24 heavy (non-hydrogen) atoms. The van der Waals surface area contributed by atoms with Crippen molar-refractivity contribution < 1.29 is 9.59 Å².